The van der Waals surface area contributed by atoms with E-state index in [1.165, 1.54) is 35.3 Å². The number of thioether (sulfide) groups is 4. The van der Waals surface area contributed by atoms with Crippen LogP contribution in [-0.2, 0) is 38.1 Å². The Morgan fingerprint density at radius 2 is 0.961 bits per heavy atom. The van der Waals surface area contributed by atoms with Gasteiger partial charge in [0, 0.05) is 0 Å². The fraction of sp³-hybridized carbons (Fsp3) is 0.838. The van der Waals surface area contributed by atoms with E-state index in [-0.39, 0.29) is 30.4 Å². The summed E-state index contributed by atoms with van der Waals surface area (Å²) in [6.07, 6.45) is 11.1. The third kappa shape index (κ3) is 24.5. The van der Waals surface area contributed by atoms with E-state index in [4.69, 9.17) is 43.4 Å². The van der Waals surface area contributed by atoms with Crippen LogP contribution in [-0.4, -0.2) is 79.4 Å². The van der Waals surface area contributed by atoms with Crippen molar-refractivity contribution in [2.45, 2.75) is 149 Å². The lowest BCUT2D eigenvalue weighted by molar-refractivity contribution is -0.160. The Hall–Kier alpha value is -0.540. The van der Waals surface area contributed by atoms with E-state index in [9.17, 15) is 19.2 Å². The first-order chi connectivity index (χ1) is 24.1. The topological polar surface area (TPSA) is 105 Å². The molecule has 2 unspecified atom stereocenters. The van der Waals surface area contributed by atoms with Gasteiger partial charge in [-0.2, -0.15) is 0 Å². The predicted octanol–water partition coefficient (Wildman–Crippen LogP) is 10.6. The Labute approximate surface area is 336 Å². The van der Waals surface area contributed by atoms with Crippen LogP contribution in [0.4, 0.5) is 0 Å². The van der Waals surface area contributed by atoms with Crippen LogP contribution in [0.15, 0.2) is 0 Å². The highest BCUT2D eigenvalue weighted by atomic mass is 32.2. The van der Waals surface area contributed by atoms with Crippen LogP contribution in [0.1, 0.15) is 139 Å². The minimum atomic E-state index is -1.16. The standard InChI is InChI=1S/C37H64O8S6/c1-9-12-26-48-34(46)50-28(11-3)30(38)42-22-18-14-15-19-23-43-31(39)29(51-35(47)49-27-13-10-2)37(7,8)33(41)45-25-21-17-16-20-24-44-32(40)36(4,5)6/h28-29H,9-27H2,1-8H3. The molecule has 0 aromatic carbocycles. The van der Waals surface area contributed by atoms with E-state index in [2.05, 4.69) is 13.8 Å². The summed E-state index contributed by atoms with van der Waals surface area (Å²) in [5.41, 5.74) is -1.67. The van der Waals surface area contributed by atoms with Crippen molar-refractivity contribution in [3.63, 3.8) is 0 Å². The van der Waals surface area contributed by atoms with Gasteiger partial charge in [0.2, 0.25) is 0 Å². The smallest absolute Gasteiger partial charge is 0.320 e. The minimum absolute atomic E-state index is 0.211. The van der Waals surface area contributed by atoms with Crippen LogP contribution in [0.3, 0.4) is 0 Å². The third-order valence-corrected chi connectivity index (χ3v) is 13.8. The Morgan fingerprint density at radius 3 is 1.39 bits per heavy atom. The van der Waals surface area contributed by atoms with Crippen LogP contribution in [0.2, 0.25) is 0 Å². The first-order valence-corrected chi connectivity index (χ1v) is 23.0. The van der Waals surface area contributed by atoms with Crippen LogP contribution < -0.4 is 0 Å². The molecule has 0 fully saturated rings. The molecule has 0 aromatic rings. The molecule has 0 aromatic heterocycles. The summed E-state index contributed by atoms with van der Waals surface area (Å²) in [4.78, 5) is 51.0. The number of rotatable bonds is 27. The molecule has 0 N–H and O–H groups in total. The highest BCUT2D eigenvalue weighted by molar-refractivity contribution is 8.48. The van der Waals surface area contributed by atoms with E-state index < -0.39 is 28.0 Å². The van der Waals surface area contributed by atoms with Crippen molar-refractivity contribution < 1.29 is 38.1 Å². The van der Waals surface area contributed by atoms with Gasteiger partial charge in [0.05, 0.1) is 37.3 Å². The van der Waals surface area contributed by atoms with Gasteiger partial charge in [-0.15, -0.1) is 23.5 Å². The average Bonchev–Trinajstić information content (AvgIpc) is 3.07. The van der Waals surface area contributed by atoms with Crippen LogP contribution in [0.25, 0.3) is 0 Å². The molecule has 0 radical (unpaired) electrons. The van der Waals surface area contributed by atoms with Crippen molar-refractivity contribution in [2.24, 2.45) is 10.8 Å². The fourth-order valence-corrected chi connectivity index (χ4v) is 9.47. The van der Waals surface area contributed by atoms with E-state index in [1.54, 1.807) is 25.6 Å². The maximum atomic E-state index is 13.4. The van der Waals surface area contributed by atoms with Crippen molar-refractivity contribution in [1.29, 1.82) is 0 Å². The third-order valence-electron chi connectivity index (χ3n) is 7.56. The molecule has 296 valence electrons. The molecule has 0 aliphatic rings. The van der Waals surface area contributed by atoms with E-state index in [1.807, 2.05) is 27.7 Å². The fourth-order valence-electron chi connectivity index (χ4n) is 4.14. The van der Waals surface area contributed by atoms with E-state index in [0.717, 1.165) is 79.2 Å². The zero-order chi connectivity index (χ0) is 38.7. The van der Waals surface area contributed by atoms with Gasteiger partial charge in [-0.05, 0) is 117 Å². The number of carbonyl (C=O) groups is 4. The molecule has 0 bridgehead atoms. The lowest BCUT2D eigenvalue weighted by Crippen LogP contribution is -2.43. The number of thiocarbonyl (C=S) groups is 2. The monoisotopic (exact) mass is 828 g/mol. The molecule has 0 aliphatic carbocycles. The lowest BCUT2D eigenvalue weighted by atomic mass is 9.89. The molecule has 8 nitrogen and oxygen atoms in total. The number of ether oxygens (including phenoxy) is 4. The maximum Gasteiger partial charge on any atom is 0.320 e. The van der Waals surface area contributed by atoms with Gasteiger partial charge >= 0.3 is 23.9 Å². The van der Waals surface area contributed by atoms with Gasteiger partial charge < -0.3 is 18.9 Å². The van der Waals surface area contributed by atoms with Crippen molar-refractivity contribution in [3.05, 3.63) is 0 Å². The van der Waals surface area contributed by atoms with Crippen molar-refractivity contribution in [2.75, 3.05) is 37.9 Å². The van der Waals surface area contributed by atoms with Crippen molar-refractivity contribution in [1.82, 2.24) is 0 Å². The summed E-state index contributed by atoms with van der Waals surface area (Å²) in [6, 6.07) is 0. The van der Waals surface area contributed by atoms with Crippen molar-refractivity contribution >= 4 is 102 Å². The second kappa shape index (κ2) is 29.8. The minimum Gasteiger partial charge on any atom is -0.465 e. The largest absolute Gasteiger partial charge is 0.465 e. The molecule has 0 rings (SSSR count). The summed E-state index contributed by atoms with van der Waals surface area (Å²) in [7, 11) is 0. The number of hydrogen-bond acceptors (Lipinski definition) is 14. The zero-order valence-electron chi connectivity index (χ0n) is 32.3. The van der Waals surface area contributed by atoms with Gasteiger partial charge in [0.15, 0.2) is 0 Å². The van der Waals surface area contributed by atoms with Crippen LogP contribution in [0, 0.1) is 10.8 Å². The predicted molar refractivity (Wildman–Crippen MR) is 227 cm³/mol. The second-order valence-electron chi connectivity index (χ2n) is 13.8. The van der Waals surface area contributed by atoms with Gasteiger partial charge in [-0.3, -0.25) is 19.2 Å². The number of hydrogen-bond donors (Lipinski definition) is 0. The molecular formula is C37H64O8S6. The van der Waals surface area contributed by atoms with Gasteiger partial charge in [-0.1, -0.05) is 81.6 Å². The molecule has 51 heavy (non-hydrogen) atoms. The first kappa shape index (κ1) is 50.5. The Bertz CT molecular complexity index is 1050. The Balaban J connectivity index is 4.74. The highest BCUT2D eigenvalue weighted by Crippen LogP contribution is 2.37. The Kier molecular flexibility index (Phi) is 29.5. The summed E-state index contributed by atoms with van der Waals surface area (Å²) in [6.45, 7) is 16.3. The lowest BCUT2D eigenvalue weighted by Gasteiger charge is -2.30. The number of carbonyl (C=O) groups excluding carboxylic acids is 4. The highest BCUT2D eigenvalue weighted by Gasteiger charge is 2.45. The molecule has 0 spiro atoms. The summed E-state index contributed by atoms with van der Waals surface area (Å²) >= 11 is 16.8. The molecule has 2 atom stereocenters. The van der Waals surface area contributed by atoms with E-state index in [0.29, 0.717) is 36.0 Å². The summed E-state index contributed by atoms with van der Waals surface area (Å²) in [5, 5.41) is -1.12. The number of unbranched alkanes of at least 4 members (excludes halogenated alkanes) is 8. The normalized spacial score (nSPS) is 12.9. The first-order valence-electron chi connectivity index (χ1n) is 18.5. The molecule has 0 aliphatic heterocycles. The summed E-state index contributed by atoms with van der Waals surface area (Å²) in [5.74, 6) is 0.447. The van der Waals surface area contributed by atoms with Crippen LogP contribution in [0.5, 0.6) is 0 Å². The molecule has 14 heteroatoms. The van der Waals surface area contributed by atoms with Gasteiger partial charge in [0.1, 0.15) is 17.6 Å². The molecule has 0 saturated heterocycles. The second-order valence-corrected chi connectivity index (χ2v) is 20.7. The molecule has 0 saturated carbocycles. The molecule has 0 heterocycles. The summed E-state index contributed by atoms with van der Waals surface area (Å²) < 4.78 is 23.5. The van der Waals surface area contributed by atoms with Crippen LogP contribution >= 0.6 is 71.5 Å². The van der Waals surface area contributed by atoms with Gasteiger partial charge in [-0.25, -0.2) is 0 Å². The SMILES string of the molecule is CCCCSC(=S)SC(CC)C(=O)OCCCCCCOC(=O)C(SC(=S)SCCCC)C(C)(C)C(=O)OCCCCCCOC(=O)C(C)(C)C. The van der Waals surface area contributed by atoms with Gasteiger partial charge in [0.25, 0.3) is 0 Å². The quantitative estimate of drug-likeness (QED) is 0.0339. The van der Waals surface area contributed by atoms with Crippen molar-refractivity contribution in [3.8, 4) is 0 Å². The average molecular weight is 829 g/mol. The molecular weight excluding hydrogens is 765 g/mol. The zero-order valence-corrected chi connectivity index (χ0v) is 37.2. The Morgan fingerprint density at radius 1 is 0.549 bits per heavy atom. The molecule has 0 amide bonds. The number of esters is 4. The van der Waals surface area contributed by atoms with E-state index >= 15 is 0 Å². The maximum absolute atomic E-state index is 13.4.